The van der Waals surface area contributed by atoms with Gasteiger partial charge >= 0.3 is 6.09 Å². The number of nitrogens with one attached hydrogen (secondary N) is 3. The molecule has 0 aliphatic carbocycles. The fourth-order valence-electron chi connectivity index (χ4n) is 3.83. The topological polar surface area (TPSA) is 143 Å². The number of carbonyl (C=O) groups excluding carboxylic acids is 2. The summed E-state index contributed by atoms with van der Waals surface area (Å²) in [4.78, 5) is 34.9. The Hall–Kier alpha value is -3.65. The van der Waals surface area contributed by atoms with E-state index >= 15 is 0 Å². The van der Waals surface area contributed by atoms with Gasteiger partial charge in [0, 0.05) is 22.9 Å². The molecule has 0 aliphatic heterocycles. The maximum atomic E-state index is 13.5. The molecule has 2 aromatic heterocycles. The van der Waals surface area contributed by atoms with Crippen molar-refractivity contribution in [3.8, 4) is 10.7 Å². The summed E-state index contributed by atoms with van der Waals surface area (Å²) in [5.41, 5.74) is 3.67. The molecule has 0 spiro atoms. The van der Waals surface area contributed by atoms with Crippen molar-refractivity contribution in [2.24, 2.45) is 0 Å². The van der Waals surface area contributed by atoms with E-state index in [1.807, 2.05) is 48.0 Å². The van der Waals surface area contributed by atoms with E-state index < -0.39 is 29.4 Å². The number of hydrogen-bond donors (Lipinski definition) is 4. The molecule has 2 aromatic carbocycles. The summed E-state index contributed by atoms with van der Waals surface area (Å²) in [5, 5.41) is 11.2. The molecule has 2 heterocycles. The molecule has 3 atom stereocenters. The zero-order valence-electron chi connectivity index (χ0n) is 21.1. The Balaban J connectivity index is 1.59. The smallest absolute Gasteiger partial charge is 0.407 e. The molecule has 4 aromatic rings. The SMILES string of the molecule is COC(=O)N[C@@H](Cc1ccccc1)C(=O)N[C@@H](Cc1ccc(NS(=O)O)cc1)c1csc(-c2csc(C)n2)n1. The second kappa shape index (κ2) is 13.4. The van der Waals surface area contributed by atoms with Crippen molar-refractivity contribution in [1.82, 2.24) is 20.6 Å². The molecule has 0 saturated carbocycles. The van der Waals surface area contributed by atoms with Crippen LogP contribution in [0, 0.1) is 6.92 Å². The van der Waals surface area contributed by atoms with Crippen LogP contribution in [-0.4, -0.2) is 43.9 Å². The van der Waals surface area contributed by atoms with Gasteiger partial charge in [0.15, 0.2) is 0 Å². The van der Waals surface area contributed by atoms with Crippen LogP contribution in [0.3, 0.4) is 0 Å². The van der Waals surface area contributed by atoms with Gasteiger partial charge in [0.25, 0.3) is 11.3 Å². The van der Waals surface area contributed by atoms with Gasteiger partial charge in [-0.1, -0.05) is 42.5 Å². The van der Waals surface area contributed by atoms with Crippen LogP contribution >= 0.6 is 22.7 Å². The molecule has 0 saturated heterocycles. The van der Waals surface area contributed by atoms with E-state index in [-0.39, 0.29) is 12.3 Å². The van der Waals surface area contributed by atoms with Gasteiger partial charge in [-0.05, 0) is 36.6 Å². The molecule has 13 heteroatoms. The zero-order valence-corrected chi connectivity index (χ0v) is 23.6. The summed E-state index contributed by atoms with van der Waals surface area (Å²) in [6.07, 6.45) is -0.0426. The van der Waals surface area contributed by atoms with Crippen LogP contribution in [0.4, 0.5) is 10.5 Å². The normalized spacial score (nSPS) is 13.2. The fourth-order valence-corrected chi connectivity index (χ4v) is 5.68. The van der Waals surface area contributed by atoms with E-state index in [2.05, 4.69) is 20.3 Å². The third kappa shape index (κ3) is 8.17. The first kappa shape index (κ1) is 28.4. The molecular formula is C26H27N5O5S3. The van der Waals surface area contributed by atoms with Crippen molar-refractivity contribution < 1.29 is 23.1 Å². The number of nitrogens with zero attached hydrogens (tertiary/aromatic N) is 2. The molecule has 0 aliphatic rings. The third-order valence-corrected chi connectivity index (χ3v) is 7.78. The number of aryl methyl sites for hydroxylation is 1. The predicted molar refractivity (Wildman–Crippen MR) is 153 cm³/mol. The third-order valence-electron chi connectivity index (χ3n) is 5.71. The van der Waals surface area contributed by atoms with E-state index in [0.717, 1.165) is 26.8 Å². The number of thiazole rings is 2. The predicted octanol–water partition coefficient (Wildman–Crippen LogP) is 4.49. The number of carbonyl (C=O) groups is 2. The van der Waals surface area contributed by atoms with Crippen LogP contribution in [-0.2, 0) is 33.6 Å². The number of ether oxygens (including phenoxy) is 1. The summed E-state index contributed by atoms with van der Waals surface area (Å²) in [7, 11) is 1.25. The van der Waals surface area contributed by atoms with Gasteiger partial charge < -0.3 is 15.4 Å². The van der Waals surface area contributed by atoms with Crippen molar-refractivity contribution in [2.45, 2.75) is 31.8 Å². The standard InChI is InChI=1S/C26H27N5O5S3/c1-16-27-23(15-37-16)25-29-22(14-38-25)20(12-18-8-10-19(11-9-18)31-39(34)35)28-24(32)21(30-26(33)36-2)13-17-6-4-3-5-7-17/h3-11,14-15,20-21,31H,12-13H2,1-2H3,(H,28,32)(H,30,33)(H,34,35)/t20-,21-/m0/s1. The Morgan fingerprint density at radius 2 is 1.69 bits per heavy atom. The number of rotatable bonds is 11. The first-order valence-corrected chi connectivity index (χ1v) is 14.7. The minimum absolute atomic E-state index is 0.271. The van der Waals surface area contributed by atoms with Crippen molar-refractivity contribution in [2.75, 3.05) is 11.8 Å². The van der Waals surface area contributed by atoms with Crippen molar-refractivity contribution in [3.63, 3.8) is 0 Å². The first-order valence-electron chi connectivity index (χ1n) is 11.8. The Bertz CT molecular complexity index is 1430. The van der Waals surface area contributed by atoms with Gasteiger partial charge in [-0.2, -0.15) is 0 Å². The van der Waals surface area contributed by atoms with Crippen molar-refractivity contribution >= 4 is 51.6 Å². The van der Waals surface area contributed by atoms with E-state index in [0.29, 0.717) is 17.8 Å². The van der Waals surface area contributed by atoms with E-state index in [1.54, 1.807) is 24.3 Å². The first-order chi connectivity index (χ1) is 18.8. The lowest BCUT2D eigenvalue weighted by Crippen LogP contribution is -2.49. The van der Waals surface area contributed by atoms with E-state index in [1.165, 1.54) is 29.8 Å². The highest BCUT2D eigenvalue weighted by Gasteiger charge is 2.26. The summed E-state index contributed by atoms with van der Waals surface area (Å²) in [6.45, 7) is 1.93. The summed E-state index contributed by atoms with van der Waals surface area (Å²) >= 11 is 0.795. The van der Waals surface area contributed by atoms with Gasteiger partial charge in [-0.15, -0.1) is 22.7 Å². The monoisotopic (exact) mass is 585 g/mol. The number of anilines is 1. The molecule has 1 unspecified atom stereocenters. The zero-order chi connectivity index (χ0) is 27.8. The van der Waals surface area contributed by atoms with Gasteiger partial charge in [-0.25, -0.2) is 19.0 Å². The van der Waals surface area contributed by atoms with Crippen molar-refractivity contribution in [1.29, 1.82) is 0 Å². The van der Waals surface area contributed by atoms with Crippen LogP contribution < -0.4 is 15.4 Å². The lowest BCUT2D eigenvalue weighted by atomic mass is 10.0. The number of hydrogen-bond acceptors (Lipinski definition) is 8. The maximum absolute atomic E-state index is 13.5. The molecule has 0 radical (unpaired) electrons. The molecule has 2 amide bonds. The average Bonchev–Trinajstić information content (AvgIpc) is 3.58. The second-order valence-corrected chi connectivity index (χ2v) is 11.1. The molecule has 0 bridgehead atoms. The van der Waals surface area contributed by atoms with Crippen LogP contribution in [0.15, 0.2) is 65.4 Å². The number of amides is 2. The molecule has 204 valence electrons. The van der Waals surface area contributed by atoms with E-state index in [4.69, 9.17) is 14.3 Å². The largest absolute Gasteiger partial charge is 0.453 e. The quantitative estimate of drug-likeness (QED) is 0.190. The van der Waals surface area contributed by atoms with E-state index in [9.17, 15) is 13.8 Å². The molecule has 4 N–H and O–H groups in total. The summed E-state index contributed by atoms with van der Waals surface area (Å²) in [6, 6.07) is 15.0. The lowest BCUT2D eigenvalue weighted by Gasteiger charge is -2.23. The Morgan fingerprint density at radius 3 is 2.33 bits per heavy atom. The second-order valence-electron chi connectivity index (χ2n) is 8.52. The molecule has 39 heavy (non-hydrogen) atoms. The van der Waals surface area contributed by atoms with Crippen LogP contribution in [0.5, 0.6) is 0 Å². The number of alkyl carbamates (subject to hydrolysis) is 1. The van der Waals surface area contributed by atoms with Gasteiger partial charge in [0.05, 0.1) is 23.9 Å². The molecule has 0 fully saturated rings. The number of methoxy groups -OCH3 is 1. The molecular weight excluding hydrogens is 559 g/mol. The minimum Gasteiger partial charge on any atom is -0.453 e. The van der Waals surface area contributed by atoms with Crippen molar-refractivity contribution in [3.05, 3.63) is 87.2 Å². The van der Waals surface area contributed by atoms with Gasteiger partial charge in [-0.3, -0.25) is 14.1 Å². The minimum atomic E-state index is -2.18. The molecule has 4 rings (SSSR count). The lowest BCUT2D eigenvalue weighted by molar-refractivity contribution is -0.123. The fraction of sp³-hybridized carbons (Fsp3) is 0.231. The Morgan fingerprint density at radius 1 is 0.974 bits per heavy atom. The van der Waals surface area contributed by atoms with Crippen LogP contribution in [0.25, 0.3) is 10.7 Å². The van der Waals surface area contributed by atoms with Gasteiger partial charge in [0.1, 0.15) is 16.7 Å². The van der Waals surface area contributed by atoms with Crippen LogP contribution in [0.2, 0.25) is 0 Å². The summed E-state index contributed by atoms with van der Waals surface area (Å²) in [5.74, 6) is -0.387. The number of benzene rings is 2. The van der Waals surface area contributed by atoms with Gasteiger partial charge in [0.2, 0.25) is 5.91 Å². The molecule has 10 nitrogen and oxygen atoms in total. The average molecular weight is 586 g/mol. The summed E-state index contributed by atoms with van der Waals surface area (Å²) < 4.78 is 27.3. The highest BCUT2D eigenvalue weighted by Crippen LogP contribution is 2.29. The number of aromatic nitrogens is 2. The van der Waals surface area contributed by atoms with Crippen LogP contribution in [0.1, 0.15) is 27.9 Å². The Kier molecular flexibility index (Phi) is 9.76. The highest BCUT2D eigenvalue weighted by molar-refractivity contribution is 7.80. The Labute approximate surface area is 236 Å². The highest BCUT2D eigenvalue weighted by atomic mass is 32.2. The maximum Gasteiger partial charge on any atom is 0.407 e.